The molecule has 0 radical (unpaired) electrons. The van der Waals surface area contributed by atoms with Crippen LogP contribution in [0.1, 0.15) is 5.56 Å². The van der Waals surface area contributed by atoms with Gasteiger partial charge in [0.25, 0.3) is 0 Å². The van der Waals surface area contributed by atoms with E-state index in [2.05, 4.69) is 5.32 Å². The largest absolute Gasteiger partial charge is 0.370 e. The molecule has 9 heteroatoms. The maximum absolute atomic E-state index is 11.4. The molecule has 0 saturated heterocycles. The predicted octanol–water partition coefficient (Wildman–Crippen LogP) is 1.21. The lowest BCUT2D eigenvalue weighted by Gasteiger charge is -2.23. The maximum Gasteiger partial charge on any atom is 0.365 e. The second-order valence-electron chi connectivity index (χ2n) is 3.94. The van der Waals surface area contributed by atoms with Crippen molar-refractivity contribution in [3.05, 3.63) is 35.9 Å². The quantitative estimate of drug-likeness (QED) is 0.286. The Balaban J connectivity index is 2.69. The molecule has 0 unspecified atom stereocenters. The van der Waals surface area contributed by atoms with Crippen molar-refractivity contribution >= 4 is 41.1 Å². The van der Waals surface area contributed by atoms with Crippen molar-refractivity contribution in [1.82, 2.24) is 10.4 Å². The van der Waals surface area contributed by atoms with Gasteiger partial charge in [0, 0.05) is 0 Å². The van der Waals surface area contributed by atoms with Crippen LogP contribution in [0.15, 0.2) is 30.3 Å². The Morgan fingerprint density at radius 2 is 1.95 bits per heavy atom. The lowest BCUT2D eigenvalue weighted by Crippen LogP contribution is -2.47. The first-order valence-corrected chi connectivity index (χ1v) is 6.78. The minimum absolute atomic E-state index is 0.176. The zero-order valence-corrected chi connectivity index (χ0v) is 12.5. The number of hydroxylamine groups is 2. The number of hydrogen-bond acceptors (Lipinski definition) is 4. The van der Waals surface area contributed by atoms with E-state index in [-0.39, 0.29) is 12.5 Å². The van der Waals surface area contributed by atoms with Crippen LogP contribution in [-0.4, -0.2) is 34.3 Å². The fourth-order valence-electron chi connectivity index (χ4n) is 1.42. The summed E-state index contributed by atoms with van der Waals surface area (Å²) in [5.41, 5.74) is 6.13. The third-order valence-electron chi connectivity index (χ3n) is 2.33. The Bertz CT molecular complexity index is 510. The van der Waals surface area contributed by atoms with Crippen molar-refractivity contribution in [1.29, 1.82) is 10.8 Å². The predicted molar refractivity (Wildman–Crippen MR) is 81.2 cm³/mol. The number of nitrogens with two attached hydrogens (primary N) is 1. The van der Waals surface area contributed by atoms with Crippen LogP contribution in [0.2, 0.25) is 0 Å². The second kappa shape index (κ2) is 8.33. The number of carbonyl (C=O) groups excluding carboxylic acids is 1. The molecule has 0 aliphatic rings. The van der Waals surface area contributed by atoms with Gasteiger partial charge >= 0.3 is 5.97 Å². The average Bonchev–Trinajstić information content (AvgIpc) is 2.43. The number of alkyl halides is 2. The Hall–Kier alpha value is -1.99. The minimum atomic E-state index is -1.37. The van der Waals surface area contributed by atoms with Crippen molar-refractivity contribution in [3.8, 4) is 0 Å². The van der Waals surface area contributed by atoms with Crippen molar-refractivity contribution in [2.45, 2.75) is 11.3 Å². The highest BCUT2D eigenvalue weighted by Gasteiger charge is 2.21. The molecule has 0 fully saturated rings. The summed E-state index contributed by atoms with van der Waals surface area (Å²) >= 11 is 10.8. The van der Waals surface area contributed by atoms with Gasteiger partial charge in [-0.05, 0) is 12.0 Å². The molecule has 0 spiro atoms. The van der Waals surface area contributed by atoms with Crippen LogP contribution in [0.25, 0.3) is 0 Å². The molecule has 0 heterocycles. The van der Waals surface area contributed by atoms with E-state index in [4.69, 9.17) is 44.6 Å². The maximum atomic E-state index is 11.4. The van der Waals surface area contributed by atoms with Gasteiger partial charge in [0.1, 0.15) is 0 Å². The molecule has 0 amide bonds. The van der Waals surface area contributed by atoms with Crippen LogP contribution in [0.4, 0.5) is 0 Å². The van der Waals surface area contributed by atoms with Crippen LogP contribution < -0.4 is 11.1 Å². The number of hydrogen-bond donors (Lipinski definition) is 4. The molecule has 1 aromatic rings. The van der Waals surface area contributed by atoms with Crippen LogP contribution in [0.3, 0.4) is 0 Å². The summed E-state index contributed by atoms with van der Waals surface area (Å²) in [6, 6.07) is 9.42. The highest BCUT2D eigenvalue weighted by atomic mass is 35.5. The molecule has 0 bridgehead atoms. The molecule has 1 aromatic carbocycles. The Morgan fingerprint density at radius 3 is 2.48 bits per heavy atom. The van der Waals surface area contributed by atoms with Gasteiger partial charge in [-0.3, -0.25) is 16.1 Å². The van der Waals surface area contributed by atoms with Gasteiger partial charge in [-0.15, -0.1) is 0 Å². The lowest BCUT2D eigenvalue weighted by molar-refractivity contribution is -0.171. The number of nitrogens with zero attached hydrogens (tertiary/aromatic N) is 1. The fraction of sp³-hybridized carbons (Fsp3) is 0.250. The fourth-order valence-corrected chi connectivity index (χ4v) is 1.50. The minimum Gasteiger partial charge on any atom is -0.370 e. The van der Waals surface area contributed by atoms with Gasteiger partial charge in [-0.2, -0.15) is 5.06 Å². The SMILES string of the molecule is N=C(N)NC(=N)N(CCc1ccccc1)OC(=O)C(Cl)Cl. The lowest BCUT2D eigenvalue weighted by atomic mass is 10.1. The van der Waals surface area contributed by atoms with E-state index in [9.17, 15) is 4.79 Å². The number of carbonyl (C=O) groups is 1. The third-order valence-corrected chi connectivity index (χ3v) is 2.68. The topological polar surface area (TPSA) is 115 Å². The van der Waals surface area contributed by atoms with E-state index in [1.807, 2.05) is 30.3 Å². The summed E-state index contributed by atoms with van der Waals surface area (Å²) < 4.78 is 0. The summed E-state index contributed by atoms with van der Waals surface area (Å²) in [7, 11) is 0. The van der Waals surface area contributed by atoms with Crippen LogP contribution in [0, 0.1) is 10.8 Å². The second-order valence-corrected chi connectivity index (χ2v) is 5.03. The smallest absolute Gasteiger partial charge is 0.365 e. The third kappa shape index (κ3) is 6.33. The van der Waals surface area contributed by atoms with Gasteiger partial charge in [-0.25, -0.2) is 4.79 Å². The molecular formula is C12H15Cl2N5O2. The molecule has 0 aliphatic heterocycles. The van der Waals surface area contributed by atoms with E-state index in [0.29, 0.717) is 6.42 Å². The number of rotatable bonds is 4. The highest BCUT2D eigenvalue weighted by Crippen LogP contribution is 2.07. The monoisotopic (exact) mass is 331 g/mol. The molecule has 0 atom stereocenters. The van der Waals surface area contributed by atoms with Gasteiger partial charge in [0.05, 0.1) is 6.54 Å². The van der Waals surface area contributed by atoms with Gasteiger partial charge in [0.15, 0.2) is 5.96 Å². The molecule has 5 N–H and O–H groups in total. The van der Waals surface area contributed by atoms with Crippen LogP contribution in [0.5, 0.6) is 0 Å². The molecule has 114 valence electrons. The molecule has 0 aromatic heterocycles. The van der Waals surface area contributed by atoms with Crippen LogP contribution >= 0.6 is 23.2 Å². The van der Waals surface area contributed by atoms with E-state index < -0.39 is 16.8 Å². The van der Waals surface area contributed by atoms with E-state index in [1.54, 1.807) is 0 Å². The summed E-state index contributed by atoms with van der Waals surface area (Å²) in [6.07, 6.45) is 0.505. The zero-order chi connectivity index (χ0) is 15.8. The van der Waals surface area contributed by atoms with E-state index >= 15 is 0 Å². The molecule has 1 rings (SSSR count). The molecule has 21 heavy (non-hydrogen) atoms. The number of halogens is 2. The first kappa shape index (κ1) is 17.1. The first-order chi connectivity index (χ1) is 9.90. The van der Waals surface area contributed by atoms with Crippen molar-refractivity contribution in [2.24, 2.45) is 5.73 Å². The summed E-state index contributed by atoms with van der Waals surface area (Å²) in [5, 5.41) is 18.0. The number of guanidine groups is 2. The van der Waals surface area contributed by atoms with Gasteiger partial charge in [0.2, 0.25) is 10.8 Å². The summed E-state index contributed by atoms with van der Waals surface area (Å²) in [6.45, 7) is 0.176. The van der Waals surface area contributed by atoms with Crippen molar-refractivity contribution in [3.63, 3.8) is 0 Å². The van der Waals surface area contributed by atoms with Gasteiger partial charge < -0.3 is 10.6 Å². The molecule has 7 nitrogen and oxygen atoms in total. The Labute approximate surface area is 131 Å². The van der Waals surface area contributed by atoms with Crippen molar-refractivity contribution < 1.29 is 9.63 Å². The average molecular weight is 332 g/mol. The summed E-state index contributed by atoms with van der Waals surface area (Å²) in [4.78, 5) is 14.9. The van der Waals surface area contributed by atoms with E-state index in [0.717, 1.165) is 10.6 Å². The number of benzene rings is 1. The van der Waals surface area contributed by atoms with Crippen molar-refractivity contribution in [2.75, 3.05) is 6.54 Å². The highest BCUT2D eigenvalue weighted by molar-refractivity contribution is 6.52. The molecule has 0 aliphatic carbocycles. The molecular weight excluding hydrogens is 317 g/mol. The standard InChI is InChI=1S/C12H15Cl2N5O2/c13-9(14)10(20)21-19(12(17)18-11(15)16)7-6-8-4-2-1-3-5-8/h1-5,9H,6-7H2,(H5,15,16,17,18). The Morgan fingerprint density at radius 1 is 1.33 bits per heavy atom. The van der Waals surface area contributed by atoms with E-state index in [1.165, 1.54) is 0 Å². The number of nitrogens with one attached hydrogen (secondary N) is 3. The molecule has 0 saturated carbocycles. The van der Waals surface area contributed by atoms with Gasteiger partial charge in [-0.1, -0.05) is 53.5 Å². The normalized spacial score (nSPS) is 10.0. The van der Waals surface area contributed by atoms with Crippen LogP contribution in [-0.2, 0) is 16.1 Å². The Kier molecular flexibility index (Phi) is 6.77. The first-order valence-electron chi connectivity index (χ1n) is 5.91. The zero-order valence-electron chi connectivity index (χ0n) is 11.0. The summed E-state index contributed by atoms with van der Waals surface area (Å²) in [5.74, 6) is -1.73.